The smallest absolute Gasteiger partial charge is 0.133 e. The number of benzene rings is 1. The Morgan fingerprint density at radius 2 is 2.05 bits per heavy atom. The first-order chi connectivity index (χ1) is 10.3. The summed E-state index contributed by atoms with van der Waals surface area (Å²) in [6.45, 7) is 5.48. The van der Waals surface area contributed by atoms with Gasteiger partial charge in [0, 0.05) is 6.54 Å². The van der Waals surface area contributed by atoms with Crippen molar-refractivity contribution in [2.45, 2.75) is 26.8 Å². The molecule has 0 spiro atoms. The molecule has 0 saturated heterocycles. The van der Waals surface area contributed by atoms with E-state index >= 15 is 0 Å². The van der Waals surface area contributed by atoms with E-state index in [1.807, 2.05) is 30.4 Å². The molecule has 0 aliphatic rings. The Balaban J connectivity index is 2.01. The minimum atomic E-state index is 0.623. The SMILES string of the molecule is CCC(C)Cn1c(/C=C/c2ccco2)nc2ccccc21. The third-order valence-corrected chi connectivity index (χ3v) is 3.82. The highest BCUT2D eigenvalue weighted by Crippen LogP contribution is 2.20. The molecule has 0 saturated carbocycles. The average molecular weight is 280 g/mol. The van der Waals surface area contributed by atoms with Crippen molar-refractivity contribution in [2.24, 2.45) is 5.92 Å². The van der Waals surface area contributed by atoms with E-state index in [0.717, 1.165) is 30.1 Å². The van der Waals surface area contributed by atoms with Gasteiger partial charge in [0.15, 0.2) is 0 Å². The lowest BCUT2D eigenvalue weighted by Gasteiger charge is -2.12. The Bertz CT molecular complexity index is 738. The molecule has 0 bridgehead atoms. The molecule has 108 valence electrons. The number of hydrogen-bond donors (Lipinski definition) is 0. The zero-order valence-corrected chi connectivity index (χ0v) is 12.5. The maximum atomic E-state index is 5.35. The fourth-order valence-electron chi connectivity index (χ4n) is 2.40. The highest BCUT2D eigenvalue weighted by atomic mass is 16.3. The van der Waals surface area contributed by atoms with E-state index in [1.54, 1.807) is 6.26 Å². The van der Waals surface area contributed by atoms with Crippen molar-refractivity contribution in [3.05, 3.63) is 54.2 Å². The number of furan rings is 1. The Kier molecular flexibility index (Phi) is 3.91. The summed E-state index contributed by atoms with van der Waals surface area (Å²) < 4.78 is 7.64. The van der Waals surface area contributed by atoms with Gasteiger partial charge < -0.3 is 8.98 Å². The van der Waals surface area contributed by atoms with Crippen LogP contribution in [0.15, 0.2) is 47.1 Å². The Morgan fingerprint density at radius 1 is 1.19 bits per heavy atom. The van der Waals surface area contributed by atoms with Gasteiger partial charge in [-0.25, -0.2) is 4.98 Å². The van der Waals surface area contributed by atoms with Crippen LogP contribution in [0.4, 0.5) is 0 Å². The second-order valence-corrected chi connectivity index (χ2v) is 5.43. The lowest BCUT2D eigenvalue weighted by molar-refractivity contribution is 0.474. The van der Waals surface area contributed by atoms with Gasteiger partial charge in [0.05, 0.1) is 17.3 Å². The zero-order valence-electron chi connectivity index (χ0n) is 12.5. The van der Waals surface area contributed by atoms with E-state index in [4.69, 9.17) is 9.40 Å². The van der Waals surface area contributed by atoms with Crippen molar-refractivity contribution >= 4 is 23.2 Å². The Labute approximate surface area is 124 Å². The molecule has 3 heteroatoms. The number of aromatic nitrogens is 2. The van der Waals surface area contributed by atoms with Crippen LogP contribution >= 0.6 is 0 Å². The van der Waals surface area contributed by atoms with Crippen LogP contribution < -0.4 is 0 Å². The molecular formula is C18H20N2O. The van der Waals surface area contributed by atoms with Crippen LogP contribution in [0.5, 0.6) is 0 Å². The fourth-order valence-corrected chi connectivity index (χ4v) is 2.40. The lowest BCUT2D eigenvalue weighted by atomic mass is 10.1. The zero-order chi connectivity index (χ0) is 14.7. The van der Waals surface area contributed by atoms with Crippen molar-refractivity contribution < 1.29 is 4.42 Å². The summed E-state index contributed by atoms with van der Waals surface area (Å²) in [5, 5.41) is 0. The molecule has 2 aromatic heterocycles. The molecule has 1 unspecified atom stereocenters. The predicted octanol–water partition coefficient (Wildman–Crippen LogP) is 4.85. The monoisotopic (exact) mass is 280 g/mol. The number of fused-ring (bicyclic) bond motifs is 1. The molecular weight excluding hydrogens is 260 g/mol. The minimum Gasteiger partial charge on any atom is -0.465 e. The molecule has 1 atom stereocenters. The number of hydrogen-bond acceptors (Lipinski definition) is 2. The third kappa shape index (κ3) is 2.92. The summed E-state index contributed by atoms with van der Waals surface area (Å²) in [4.78, 5) is 4.73. The van der Waals surface area contributed by atoms with Gasteiger partial charge in [-0.3, -0.25) is 0 Å². The maximum absolute atomic E-state index is 5.35. The summed E-state index contributed by atoms with van der Waals surface area (Å²) in [6.07, 6.45) is 6.84. The molecule has 0 amide bonds. The summed E-state index contributed by atoms with van der Waals surface area (Å²) >= 11 is 0. The quantitative estimate of drug-likeness (QED) is 0.669. The van der Waals surface area contributed by atoms with Crippen molar-refractivity contribution in [1.29, 1.82) is 0 Å². The van der Waals surface area contributed by atoms with Gasteiger partial charge in [0.1, 0.15) is 11.6 Å². The number of para-hydroxylation sites is 2. The van der Waals surface area contributed by atoms with E-state index in [1.165, 1.54) is 5.52 Å². The van der Waals surface area contributed by atoms with E-state index in [9.17, 15) is 0 Å². The molecule has 0 aliphatic carbocycles. The molecule has 0 N–H and O–H groups in total. The highest BCUT2D eigenvalue weighted by molar-refractivity contribution is 5.79. The average Bonchev–Trinajstić information content (AvgIpc) is 3.13. The summed E-state index contributed by atoms with van der Waals surface area (Å²) in [7, 11) is 0. The Hall–Kier alpha value is -2.29. The second-order valence-electron chi connectivity index (χ2n) is 5.43. The van der Waals surface area contributed by atoms with Gasteiger partial charge in [-0.15, -0.1) is 0 Å². The topological polar surface area (TPSA) is 31.0 Å². The number of imidazole rings is 1. The Morgan fingerprint density at radius 3 is 2.81 bits per heavy atom. The van der Waals surface area contributed by atoms with Gasteiger partial charge in [-0.2, -0.15) is 0 Å². The molecule has 3 rings (SSSR count). The van der Waals surface area contributed by atoms with Crippen LogP contribution in [0, 0.1) is 5.92 Å². The third-order valence-electron chi connectivity index (χ3n) is 3.82. The second kappa shape index (κ2) is 6.00. The molecule has 0 radical (unpaired) electrons. The van der Waals surface area contributed by atoms with Gasteiger partial charge in [0.2, 0.25) is 0 Å². The van der Waals surface area contributed by atoms with E-state index in [-0.39, 0.29) is 0 Å². The molecule has 3 nitrogen and oxygen atoms in total. The fraction of sp³-hybridized carbons (Fsp3) is 0.278. The summed E-state index contributed by atoms with van der Waals surface area (Å²) in [5.74, 6) is 2.45. The van der Waals surface area contributed by atoms with Crippen LogP contribution in [0.3, 0.4) is 0 Å². The molecule has 0 aliphatic heterocycles. The first-order valence-corrected chi connectivity index (χ1v) is 7.44. The molecule has 1 aromatic carbocycles. The van der Waals surface area contributed by atoms with Crippen LogP contribution in [0.2, 0.25) is 0 Å². The van der Waals surface area contributed by atoms with Gasteiger partial charge in [-0.05, 0) is 42.3 Å². The van der Waals surface area contributed by atoms with Crippen LogP contribution in [0.25, 0.3) is 23.2 Å². The normalized spacial score (nSPS) is 13.2. The number of nitrogens with zero attached hydrogens (tertiary/aromatic N) is 2. The minimum absolute atomic E-state index is 0.623. The first-order valence-electron chi connectivity index (χ1n) is 7.44. The predicted molar refractivity (Wildman–Crippen MR) is 86.8 cm³/mol. The van der Waals surface area contributed by atoms with Gasteiger partial charge in [-0.1, -0.05) is 32.4 Å². The van der Waals surface area contributed by atoms with Crippen LogP contribution in [-0.2, 0) is 6.54 Å². The van der Waals surface area contributed by atoms with Crippen molar-refractivity contribution in [3.63, 3.8) is 0 Å². The van der Waals surface area contributed by atoms with Crippen molar-refractivity contribution in [3.8, 4) is 0 Å². The van der Waals surface area contributed by atoms with E-state index in [2.05, 4.69) is 36.6 Å². The van der Waals surface area contributed by atoms with Gasteiger partial charge in [0.25, 0.3) is 0 Å². The summed E-state index contributed by atoms with van der Waals surface area (Å²) in [6, 6.07) is 12.1. The maximum Gasteiger partial charge on any atom is 0.133 e. The molecule has 21 heavy (non-hydrogen) atoms. The molecule has 2 heterocycles. The van der Waals surface area contributed by atoms with E-state index < -0.39 is 0 Å². The molecule has 3 aromatic rings. The van der Waals surface area contributed by atoms with Gasteiger partial charge >= 0.3 is 0 Å². The first kappa shape index (κ1) is 13.7. The van der Waals surface area contributed by atoms with Crippen LogP contribution in [-0.4, -0.2) is 9.55 Å². The lowest BCUT2D eigenvalue weighted by Crippen LogP contribution is -2.08. The van der Waals surface area contributed by atoms with E-state index in [0.29, 0.717) is 5.92 Å². The largest absolute Gasteiger partial charge is 0.465 e. The van der Waals surface area contributed by atoms with Crippen molar-refractivity contribution in [1.82, 2.24) is 9.55 Å². The van der Waals surface area contributed by atoms with Crippen molar-refractivity contribution in [2.75, 3.05) is 0 Å². The van der Waals surface area contributed by atoms with Crippen LogP contribution in [0.1, 0.15) is 31.9 Å². The summed E-state index contributed by atoms with van der Waals surface area (Å²) in [5.41, 5.74) is 2.23. The standard InChI is InChI=1S/C18H20N2O/c1-3-14(2)13-20-17-9-5-4-8-16(17)19-18(20)11-10-15-7-6-12-21-15/h4-12,14H,3,13H2,1-2H3/b11-10+. The highest BCUT2D eigenvalue weighted by Gasteiger charge is 2.10. The molecule has 0 fully saturated rings. The number of rotatable bonds is 5.